The van der Waals surface area contributed by atoms with Gasteiger partial charge in [-0.05, 0) is 26.1 Å². The van der Waals surface area contributed by atoms with Gasteiger partial charge < -0.3 is 9.73 Å². The summed E-state index contributed by atoms with van der Waals surface area (Å²) in [6.07, 6.45) is 4.68. The van der Waals surface area contributed by atoms with Crippen LogP contribution in [0.2, 0.25) is 0 Å². The van der Waals surface area contributed by atoms with Crippen molar-refractivity contribution in [3.63, 3.8) is 0 Å². The molecule has 0 aliphatic carbocycles. The third-order valence-electron chi connectivity index (χ3n) is 4.63. The van der Waals surface area contributed by atoms with E-state index in [-0.39, 0.29) is 11.9 Å². The first-order chi connectivity index (χ1) is 12.5. The first-order valence-corrected chi connectivity index (χ1v) is 10.0. The van der Waals surface area contributed by atoms with Crippen molar-refractivity contribution >= 4 is 22.2 Å². The summed E-state index contributed by atoms with van der Waals surface area (Å²) in [5, 5.41) is 4.98. The minimum absolute atomic E-state index is 0.184. The molecule has 0 aromatic carbocycles. The monoisotopic (exact) mass is 374 g/mol. The lowest BCUT2D eigenvalue weighted by atomic mass is 10.2. The standard InChI is InChI=1S/C19H26N4O2S/c1-5-16-14(11-22(6-2)7-3)10-17(25-16)18(24)20-13(4)15-12-23-8-9-26-19(23)21-15/h8-10,12-13H,5-7,11H2,1-4H3,(H,20,24). The Morgan fingerprint density at radius 1 is 1.38 bits per heavy atom. The Hall–Kier alpha value is -2.12. The summed E-state index contributed by atoms with van der Waals surface area (Å²) in [5.41, 5.74) is 1.94. The minimum Gasteiger partial charge on any atom is -0.456 e. The summed E-state index contributed by atoms with van der Waals surface area (Å²) in [6, 6.07) is 1.70. The van der Waals surface area contributed by atoms with E-state index in [0.29, 0.717) is 5.76 Å². The fourth-order valence-corrected chi connectivity index (χ4v) is 3.70. The quantitative estimate of drug-likeness (QED) is 0.650. The lowest BCUT2D eigenvalue weighted by Crippen LogP contribution is -2.26. The number of carbonyl (C=O) groups is 1. The zero-order valence-electron chi connectivity index (χ0n) is 15.8. The summed E-state index contributed by atoms with van der Waals surface area (Å²) in [5.74, 6) is 1.06. The molecule has 7 heteroatoms. The number of furan rings is 1. The smallest absolute Gasteiger partial charge is 0.287 e. The zero-order chi connectivity index (χ0) is 18.7. The van der Waals surface area contributed by atoms with Gasteiger partial charge in [0.15, 0.2) is 10.7 Å². The summed E-state index contributed by atoms with van der Waals surface area (Å²) < 4.78 is 7.80. The van der Waals surface area contributed by atoms with E-state index in [1.54, 1.807) is 11.3 Å². The second-order valence-electron chi connectivity index (χ2n) is 6.33. The van der Waals surface area contributed by atoms with Gasteiger partial charge >= 0.3 is 0 Å². The van der Waals surface area contributed by atoms with Gasteiger partial charge in [0, 0.05) is 36.3 Å². The van der Waals surface area contributed by atoms with E-state index in [1.165, 1.54) is 0 Å². The molecular weight excluding hydrogens is 348 g/mol. The molecule has 0 saturated carbocycles. The van der Waals surface area contributed by atoms with Crippen molar-refractivity contribution in [2.45, 2.75) is 46.7 Å². The lowest BCUT2D eigenvalue weighted by molar-refractivity contribution is 0.0909. The van der Waals surface area contributed by atoms with Crippen molar-refractivity contribution in [2.24, 2.45) is 0 Å². The second-order valence-corrected chi connectivity index (χ2v) is 7.20. The minimum atomic E-state index is -0.200. The molecule has 1 N–H and O–H groups in total. The molecule has 140 valence electrons. The number of fused-ring (bicyclic) bond motifs is 1. The molecule has 3 rings (SSSR count). The zero-order valence-corrected chi connectivity index (χ0v) is 16.6. The van der Waals surface area contributed by atoms with Crippen LogP contribution in [0.15, 0.2) is 28.3 Å². The molecule has 1 amide bonds. The van der Waals surface area contributed by atoms with Gasteiger partial charge in [-0.25, -0.2) is 4.98 Å². The highest BCUT2D eigenvalue weighted by atomic mass is 32.1. The van der Waals surface area contributed by atoms with Crippen molar-refractivity contribution < 1.29 is 9.21 Å². The predicted molar refractivity (Wildman–Crippen MR) is 104 cm³/mol. The number of imidazole rings is 1. The molecule has 26 heavy (non-hydrogen) atoms. The van der Waals surface area contributed by atoms with E-state index in [9.17, 15) is 4.79 Å². The van der Waals surface area contributed by atoms with Crippen molar-refractivity contribution in [3.05, 3.63) is 46.6 Å². The van der Waals surface area contributed by atoms with Gasteiger partial charge in [0.05, 0.1) is 11.7 Å². The maximum Gasteiger partial charge on any atom is 0.287 e. The lowest BCUT2D eigenvalue weighted by Gasteiger charge is -2.17. The Kier molecular flexibility index (Phi) is 5.78. The van der Waals surface area contributed by atoms with Crippen LogP contribution in [-0.2, 0) is 13.0 Å². The van der Waals surface area contributed by atoms with E-state index in [2.05, 4.69) is 29.0 Å². The number of thiazole rings is 1. The maximum atomic E-state index is 12.6. The van der Waals surface area contributed by atoms with Crippen LogP contribution >= 0.6 is 11.3 Å². The summed E-state index contributed by atoms with van der Waals surface area (Å²) in [4.78, 5) is 20.4. The number of hydrogen-bond acceptors (Lipinski definition) is 5. The molecule has 1 atom stereocenters. The van der Waals surface area contributed by atoms with Gasteiger partial charge in [0.1, 0.15) is 5.76 Å². The van der Waals surface area contributed by atoms with Crippen LogP contribution in [-0.4, -0.2) is 33.3 Å². The fourth-order valence-electron chi connectivity index (χ4n) is 3.00. The largest absolute Gasteiger partial charge is 0.456 e. The number of nitrogens with one attached hydrogen (secondary N) is 1. The van der Waals surface area contributed by atoms with Gasteiger partial charge in [-0.15, -0.1) is 11.3 Å². The third kappa shape index (κ3) is 3.83. The molecule has 0 fully saturated rings. The molecule has 0 radical (unpaired) electrons. The van der Waals surface area contributed by atoms with Crippen molar-refractivity contribution in [3.8, 4) is 0 Å². The average Bonchev–Trinajstić information content (AvgIpc) is 3.33. The highest BCUT2D eigenvalue weighted by Gasteiger charge is 2.20. The molecule has 6 nitrogen and oxygen atoms in total. The van der Waals surface area contributed by atoms with E-state index in [4.69, 9.17) is 4.42 Å². The van der Waals surface area contributed by atoms with Gasteiger partial charge in [-0.1, -0.05) is 20.8 Å². The Morgan fingerprint density at radius 3 is 2.81 bits per heavy atom. The van der Waals surface area contributed by atoms with Crippen LogP contribution in [0.4, 0.5) is 0 Å². The van der Waals surface area contributed by atoms with E-state index in [1.807, 2.05) is 42.1 Å². The summed E-state index contributed by atoms with van der Waals surface area (Å²) >= 11 is 1.57. The number of carbonyl (C=O) groups excluding carboxylic acids is 1. The number of aromatic nitrogens is 2. The van der Waals surface area contributed by atoms with Gasteiger partial charge in [0.25, 0.3) is 5.91 Å². The molecule has 0 bridgehead atoms. The molecule has 1 unspecified atom stereocenters. The number of hydrogen-bond donors (Lipinski definition) is 1. The Bertz CT molecular complexity index is 847. The number of rotatable bonds is 8. The SMILES string of the molecule is CCc1oc(C(=O)NC(C)c2cn3ccsc3n2)cc1CN(CC)CC. The van der Waals surface area contributed by atoms with Crippen molar-refractivity contribution in [1.82, 2.24) is 19.6 Å². The van der Waals surface area contributed by atoms with Gasteiger partial charge in [-0.2, -0.15) is 0 Å². The van der Waals surface area contributed by atoms with Crippen LogP contribution < -0.4 is 5.32 Å². The molecule has 0 saturated heterocycles. The van der Waals surface area contributed by atoms with Gasteiger partial charge in [-0.3, -0.25) is 14.1 Å². The Balaban J connectivity index is 1.72. The Labute approximate surface area is 157 Å². The molecular formula is C19H26N4O2S. The number of nitrogens with zero attached hydrogens (tertiary/aromatic N) is 3. The fraction of sp³-hybridized carbons (Fsp3) is 0.474. The van der Waals surface area contributed by atoms with E-state index in [0.717, 1.165) is 48.0 Å². The van der Waals surface area contributed by atoms with Crippen LogP contribution in [0, 0.1) is 0 Å². The highest BCUT2D eigenvalue weighted by molar-refractivity contribution is 7.15. The summed E-state index contributed by atoms with van der Waals surface area (Å²) in [7, 11) is 0. The highest BCUT2D eigenvalue weighted by Crippen LogP contribution is 2.21. The van der Waals surface area contributed by atoms with Crippen molar-refractivity contribution in [1.29, 1.82) is 0 Å². The molecule has 3 aromatic heterocycles. The average molecular weight is 375 g/mol. The second kappa shape index (κ2) is 8.05. The molecule has 0 aliphatic heterocycles. The predicted octanol–water partition coefficient (Wildman–Crippen LogP) is 3.88. The Morgan fingerprint density at radius 2 is 2.15 bits per heavy atom. The van der Waals surface area contributed by atoms with E-state index >= 15 is 0 Å². The van der Waals surface area contributed by atoms with Gasteiger partial charge in [0.2, 0.25) is 0 Å². The molecule has 0 aliphatic rings. The van der Waals surface area contributed by atoms with Crippen molar-refractivity contribution in [2.75, 3.05) is 13.1 Å². The van der Waals surface area contributed by atoms with Crippen LogP contribution in [0.25, 0.3) is 4.96 Å². The summed E-state index contributed by atoms with van der Waals surface area (Å²) in [6.45, 7) is 11.0. The number of amides is 1. The molecule has 0 spiro atoms. The number of aryl methyl sites for hydroxylation is 1. The first kappa shape index (κ1) is 18.7. The third-order valence-corrected chi connectivity index (χ3v) is 5.40. The molecule has 3 heterocycles. The van der Waals surface area contributed by atoms with Crippen LogP contribution in [0.1, 0.15) is 61.3 Å². The maximum absolute atomic E-state index is 12.6. The first-order valence-electron chi connectivity index (χ1n) is 9.12. The molecule has 3 aromatic rings. The van der Waals surface area contributed by atoms with Crippen LogP contribution in [0.5, 0.6) is 0 Å². The van der Waals surface area contributed by atoms with Crippen LogP contribution in [0.3, 0.4) is 0 Å². The van der Waals surface area contributed by atoms with E-state index < -0.39 is 0 Å². The topological polar surface area (TPSA) is 62.8 Å². The normalized spacial score (nSPS) is 12.8.